The Balaban J connectivity index is 2.16. The fraction of sp³-hybridized carbons (Fsp3) is 0.235. The molecule has 0 aliphatic rings. The van der Waals surface area contributed by atoms with Crippen molar-refractivity contribution in [3.8, 4) is 5.75 Å². The van der Waals surface area contributed by atoms with Crippen LogP contribution in [0.3, 0.4) is 0 Å². The number of amides is 1. The summed E-state index contributed by atoms with van der Waals surface area (Å²) in [5, 5.41) is 2.96. The molecule has 2 aromatic rings. The number of hydrogen-bond donors (Lipinski definition) is 2. The molecule has 0 aliphatic heterocycles. The molecule has 0 fully saturated rings. The average Bonchev–Trinajstić information content (AvgIpc) is 2.49. The van der Waals surface area contributed by atoms with Gasteiger partial charge in [0.05, 0.1) is 18.7 Å². The summed E-state index contributed by atoms with van der Waals surface area (Å²) < 4.78 is 5.20. The summed E-state index contributed by atoms with van der Waals surface area (Å²) in [4.78, 5) is 12.3. The predicted molar refractivity (Wildman–Crippen MR) is 84.5 cm³/mol. The van der Waals surface area contributed by atoms with E-state index < -0.39 is 0 Å². The van der Waals surface area contributed by atoms with Crippen molar-refractivity contribution in [3.05, 3.63) is 59.2 Å². The van der Waals surface area contributed by atoms with Crippen molar-refractivity contribution in [1.82, 2.24) is 5.32 Å². The van der Waals surface area contributed by atoms with Crippen LogP contribution in [0, 0.1) is 6.92 Å². The smallest absolute Gasteiger partial charge is 0.253 e. The minimum absolute atomic E-state index is 0.132. The molecule has 0 heterocycles. The van der Waals surface area contributed by atoms with E-state index >= 15 is 0 Å². The van der Waals surface area contributed by atoms with Crippen LogP contribution in [0.2, 0.25) is 0 Å². The zero-order chi connectivity index (χ0) is 15.4. The number of ether oxygens (including phenoxy) is 1. The Morgan fingerprint density at radius 2 is 1.95 bits per heavy atom. The van der Waals surface area contributed by atoms with Gasteiger partial charge in [-0.15, -0.1) is 0 Å². The number of nitrogen functional groups attached to an aromatic ring is 1. The van der Waals surface area contributed by atoms with Crippen molar-refractivity contribution in [1.29, 1.82) is 0 Å². The molecule has 21 heavy (non-hydrogen) atoms. The largest absolute Gasteiger partial charge is 0.497 e. The van der Waals surface area contributed by atoms with E-state index in [-0.39, 0.29) is 11.9 Å². The van der Waals surface area contributed by atoms with Gasteiger partial charge in [0.25, 0.3) is 5.91 Å². The van der Waals surface area contributed by atoms with E-state index in [4.69, 9.17) is 10.5 Å². The number of carbonyl (C=O) groups is 1. The van der Waals surface area contributed by atoms with Gasteiger partial charge in [-0.2, -0.15) is 0 Å². The van der Waals surface area contributed by atoms with Gasteiger partial charge in [-0.3, -0.25) is 4.79 Å². The number of aryl methyl sites for hydroxylation is 1. The number of rotatable bonds is 4. The van der Waals surface area contributed by atoms with Crippen LogP contribution in [-0.4, -0.2) is 13.0 Å². The molecule has 4 nitrogen and oxygen atoms in total. The monoisotopic (exact) mass is 284 g/mol. The number of benzene rings is 2. The molecule has 0 bridgehead atoms. The van der Waals surface area contributed by atoms with Crippen molar-refractivity contribution in [2.45, 2.75) is 19.9 Å². The fourth-order valence-corrected chi connectivity index (χ4v) is 2.15. The van der Waals surface area contributed by atoms with Crippen molar-refractivity contribution in [2.75, 3.05) is 12.8 Å². The molecular formula is C17H20N2O2. The molecule has 0 aromatic heterocycles. The fourth-order valence-electron chi connectivity index (χ4n) is 2.15. The highest BCUT2D eigenvalue weighted by Gasteiger charge is 2.14. The van der Waals surface area contributed by atoms with E-state index in [1.54, 1.807) is 13.2 Å². The summed E-state index contributed by atoms with van der Waals surface area (Å²) in [6.07, 6.45) is 0. The van der Waals surface area contributed by atoms with E-state index in [0.29, 0.717) is 11.3 Å². The number of nitrogens with two attached hydrogens (primary N) is 1. The summed E-state index contributed by atoms with van der Waals surface area (Å²) in [6.45, 7) is 3.82. The third kappa shape index (κ3) is 3.34. The topological polar surface area (TPSA) is 64.3 Å². The van der Waals surface area contributed by atoms with Gasteiger partial charge in [-0.05, 0) is 43.2 Å². The van der Waals surface area contributed by atoms with E-state index in [9.17, 15) is 4.79 Å². The lowest BCUT2D eigenvalue weighted by Crippen LogP contribution is -2.27. The second kappa shape index (κ2) is 6.31. The second-order valence-corrected chi connectivity index (χ2v) is 5.01. The zero-order valence-corrected chi connectivity index (χ0v) is 12.5. The normalized spacial score (nSPS) is 11.8. The summed E-state index contributed by atoms with van der Waals surface area (Å²) >= 11 is 0. The Morgan fingerprint density at radius 1 is 1.24 bits per heavy atom. The molecule has 2 aromatic carbocycles. The number of nitrogens with one attached hydrogen (secondary N) is 1. The van der Waals surface area contributed by atoms with Gasteiger partial charge in [0, 0.05) is 5.69 Å². The maximum atomic E-state index is 12.3. The first-order valence-electron chi connectivity index (χ1n) is 6.83. The van der Waals surface area contributed by atoms with E-state index in [1.807, 2.05) is 50.2 Å². The third-order valence-electron chi connectivity index (χ3n) is 3.51. The maximum absolute atomic E-state index is 12.3. The molecule has 0 aliphatic carbocycles. The lowest BCUT2D eigenvalue weighted by atomic mass is 10.1. The molecular weight excluding hydrogens is 264 g/mol. The Hall–Kier alpha value is -2.49. The number of hydrogen-bond acceptors (Lipinski definition) is 3. The first kappa shape index (κ1) is 14.9. The predicted octanol–water partition coefficient (Wildman–Crippen LogP) is 3.08. The van der Waals surface area contributed by atoms with E-state index in [0.717, 1.165) is 16.9 Å². The van der Waals surface area contributed by atoms with Gasteiger partial charge in [-0.1, -0.05) is 24.3 Å². The van der Waals surface area contributed by atoms with Gasteiger partial charge in [0.2, 0.25) is 0 Å². The van der Waals surface area contributed by atoms with Crippen molar-refractivity contribution < 1.29 is 9.53 Å². The first-order valence-corrected chi connectivity index (χ1v) is 6.83. The summed E-state index contributed by atoms with van der Waals surface area (Å²) in [5.74, 6) is 0.593. The van der Waals surface area contributed by atoms with E-state index in [2.05, 4.69) is 5.32 Å². The highest BCUT2D eigenvalue weighted by molar-refractivity contribution is 5.99. The van der Waals surface area contributed by atoms with Crippen LogP contribution in [-0.2, 0) is 0 Å². The quantitative estimate of drug-likeness (QED) is 0.848. The van der Waals surface area contributed by atoms with Crippen molar-refractivity contribution >= 4 is 11.6 Å². The van der Waals surface area contributed by atoms with Crippen molar-refractivity contribution in [3.63, 3.8) is 0 Å². The summed E-state index contributed by atoms with van der Waals surface area (Å²) in [6, 6.07) is 12.9. The van der Waals surface area contributed by atoms with Gasteiger partial charge >= 0.3 is 0 Å². The Morgan fingerprint density at radius 3 is 2.67 bits per heavy atom. The standard InChI is InChI=1S/C17H20N2O2/c1-11-6-4-9-15(16(11)18)17(20)19-12(2)13-7-5-8-14(10-13)21-3/h4-10,12H,18H2,1-3H3,(H,19,20). The van der Waals surface area contributed by atoms with Gasteiger partial charge in [-0.25, -0.2) is 0 Å². The number of anilines is 1. The summed E-state index contributed by atoms with van der Waals surface area (Å²) in [7, 11) is 1.62. The van der Waals surface area contributed by atoms with Gasteiger partial charge in [0.15, 0.2) is 0 Å². The van der Waals surface area contributed by atoms with Crippen molar-refractivity contribution in [2.24, 2.45) is 0 Å². The van der Waals surface area contributed by atoms with Gasteiger partial charge < -0.3 is 15.8 Å². The minimum Gasteiger partial charge on any atom is -0.497 e. The molecule has 4 heteroatoms. The van der Waals surface area contributed by atoms with Gasteiger partial charge in [0.1, 0.15) is 5.75 Å². The SMILES string of the molecule is COc1cccc(C(C)NC(=O)c2cccc(C)c2N)c1. The molecule has 1 amide bonds. The maximum Gasteiger partial charge on any atom is 0.253 e. The molecule has 0 radical (unpaired) electrons. The Bertz CT molecular complexity index is 653. The minimum atomic E-state index is -0.175. The highest BCUT2D eigenvalue weighted by Crippen LogP contribution is 2.21. The molecule has 1 atom stereocenters. The molecule has 3 N–H and O–H groups in total. The second-order valence-electron chi connectivity index (χ2n) is 5.01. The van der Waals surface area contributed by atoms with Crippen LogP contribution in [0.15, 0.2) is 42.5 Å². The zero-order valence-electron chi connectivity index (χ0n) is 12.5. The molecule has 110 valence electrons. The molecule has 0 spiro atoms. The van der Waals surface area contributed by atoms with Crippen LogP contribution in [0.4, 0.5) is 5.69 Å². The average molecular weight is 284 g/mol. The Kier molecular flexibility index (Phi) is 4.48. The number of carbonyl (C=O) groups excluding carboxylic acids is 1. The molecule has 1 unspecified atom stereocenters. The highest BCUT2D eigenvalue weighted by atomic mass is 16.5. The summed E-state index contributed by atoms with van der Waals surface area (Å²) in [5.41, 5.74) is 8.87. The number of para-hydroxylation sites is 1. The van der Waals surface area contributed by atoms with Crippen LogP contribution in [0.25, 0.3) is 0 Å². The Labute approximate surface area is 124 Å². The number of methoxy groups -OCH3 is 1. The molecule has 0 saturated carbocycles. The molecule has 0 saturated heterocycles. The lowest BCUT2D eigenvalue weighted by molar-refractivity contribution is 0.0940. The lowest BCUT2D eigenvalue weighted by Gasteiger charge is -2.16. The van der Waals surface area contributed by atoms with E-state index in [1.165, 1.54) is 0 Å². The first-order chi connectivity index (χ1) is 10.0. The molecule has 2 rings (SSSR count). The van der Waals surface area contributed by atoms with Crippen LogP contribution in [0.5, 0.6) is 5.75 Å². The van der Waals surface area contributed by atoms with Crippen LogP contribution >= 0.6 is 0 Å². The van der Waals surface area contributed by atoms with Crippen LogP contribution in [0.1, 0.15) is 34.5 Å². The third-order valence-corrected chi connectivity index (χ3v) is 3.51. The van der Waals surface area contributed by atoms with Crippen LogP contribution < -0.4 is 15.8 Å².